The monoisotopic (exact) mass is 126 g/mol. The second-order valence-electron chi connectivity index (χ2n) is 3.12. The summed E-state index contributed by atoms with van der Waals surface area (Å²) < 4.78 is 0. The molecule has 2 aliphatic carbocycles. The van der Waals surface area contributed by atoms with Gasteiger partial charge in [-0.15, -0.1) is 0 Å². The first-order chi connectivity index (χ1) is 4.29. The highest BCUT2D eigenvalue weighted by atomic mass is 16.3. The smallest absolute Gasteiger partial charge is 0.164 e. The number of aliphatic hydroxyl groups is 1. The van der Waals surface area contributed by atoms with Crippen molar-refractivity contribution in [2.45, 2.75) is 25.4 Å². The first-order valence-corrected chi connectivity index (χ1v) is 3.51. The summed E-state index contributed by atoms with van der Waals surface area (Å²) in [6.45, 7) is 0. The van der Waals surface area contributed by atoms with E-state index in [0.29, 0.717) is 5.92 Å². The van der Waals surface area contributed by atoms with Gasteiger partial charge < -0.3 is 5.11 Å². The van der Waals surface area contributed by atoms with Crippen LogP contribution in [0.1, 0.15) is 19.3 Å². The molecule has 0 aromatic carbocycles. The standard InChI is InChI=1S/C7H10O2/c8-6-4-1-2-5(3-4)7(6)9/h4-6,8H,1-3H2/t4?,5-,6-/m0/s1. The molecule has 0 aromatic rings. The molecule has 50 valence electrons. The predicted molar refractivity (Wildman–Crippen MR) is 31.8 cm³/mol. The van der Waals surface area contributed by atoms with Crippen LogP contribution >= 0.6 is 0 Å². The molecule has 0 amide bonds. The summed E-state index contributed by atoms with van der Waals surface area (Å²) in [6, 6.07) is 0. The van der Waals surface area contributed by atoms with Gasteiger partial charge >= 0.3 is 0 Å². The molecule has 0 aromatic heterocycles. The van der Waals surface area contributed by atoms with Gasteiger partial charge in [0.25, 0.3) is 0 Å². The van der Waals surface area contributed by atoms with E-state index in [2.05, 4.69) is 0 Å². The SMILES string of the molecule is O=C1[C@H]2CCC(C2)[C@@H]1O. The molecule has 0 radical (unpaired) electrons. The van der Waals surface area contributed by atoms with E-state index >= 15 is 0 Å². The molecule has 2 nitrogen and oxygen atoms in total. The van der Waals surface area contributed by atoms with Crippen LogP contribution in [0.15, 0.2) is 0 Å². The summed E-state index contributed by atoms with van der Waals surface area (Å²) in [4.78, 5) is 10.9. The maximum atomic E-state index is 10.9. The van der Waals surface area contributed by atoms with Gasteiger partial charge in [0.1, 0.15) is 6.10 Å². The first kappa shape index (κ1) is 5.42. The van der Waals surface area contributed by atoms with E-state index in [9.17, 15) is 4.79 Å². The Morgan fingerprint density at radius 1 is 1.44 bits per heavy atom. The summed E-state index contributed by atoms with van der Waals surface area (Å²) in [5.41, 5.74) is 0. The van der Waals surface area contributed by atoms with Crippen molar-refractivity contribution in [1.29, 1.82) is 0 Å². The molecular formula is C7H10O2. The fourth-order valence-corrected chi connectivity index (χ4v) is 2.04. The van der Waals surface area contributed by atoms with E-state index in [1.54, 1.807) is 0 Å². The topological polar surface area (TPSA) is 37.3 Å². The fourth-order valence-electron chi connectivity index (χ4n) is 2.04. The number of hydrogen-bond acceptors (Lipinski definition) is 2. The number of ketones is 1. The molecule has 0 aliphatic heterocycles. The molecule has 2 saturated carbocycles. The average Bonchev–Trinajstić information content (AvgIpc) is 2.37. The van der Waals surface area contributed by atoms with Gasteiger partial charge in [0.05, 0.1) is 0 Å². The highest BCUT2D eigenvalue weighted by molar-refractivity contribution is 5.88. The maximum absolute atomic E-state index is 10.9. The van der Waals surface area contributed by atoms with Crippen molar-refractivity contribution in [1.82, 2.24) is 0 Å². The Morgan fingerprint density at radius 2 is 2.22 bits per heavy atom. The van der Waals surface area contributed by atoms with Gasteiger partial charge in [-0.05, 0) is 25.2 Å². The van der Waals surface area contributed by atoms with Crippen molar-refractivity contribution in [2.75, 3.05) is 0 Å². The van der Waals surface area contributed by atoms with Crippen LogP contribution in [0.2, 0.25) is 0 Å². The minimum absolute atomic E-state index is 0.103. The lowest BCUT2D eigenvalue weighted by Crippen LogP contribution is -2.26. The molecule has 2 aliphatic rings. The summed E-state index contributed by atoms with van der Waals surface area (Å²) in [5, 5.41) is 9.14. The Morgan fingerprint density at radius 3 is 2.56 bits per heavy atom. The summed E-state index contributed by atoms with van der Waals surface area (Å²) in [6.07, 6.45) is 2.46. The second kappa shape index (κ2) is 1.57. The summed E-state index contributed by atoms with van der Waals surface area (Å²) >= 11 is 0. The van der Waals surface area contributed by atoms with E-state index in [0.717, 1.165) is 19.3 Å². The third-order valence-corrected chi connectivity index (χ3v) is 2.61. The quantitative estimate of drug-likeness (QED) is 0.508. The lowest BCUT2D eigenvalue weighted by Gasteiger charge is -2.13. The Kier molecular flexibility index (Phi) is 0.943. The van der Waals surface area contributed by atoms with Crippen molar-refractivity contribution in [3.8, 4) is 0 Å². The molecule has 1 unspecified atom stereocenters. The molecule has 0 saturated heterocycles. The highest BCUT2D eigenvalue weighted by Crippen LogP contribution is 2.41. The number of fused-ring (bicyclic) bond motifs is 2. The lowest BCUT2D eigenvalue weighted by molar-refractivity contribution is -0.130. The van der Waals surface area contributed by atoms with Crippen LogP contribution in [-0.4, -0.2) is 17.0 Å². The van der Waals surface area contributed by atoms with Gasteiger partial charge in [-0.2, -0.15) is 0 Å². The Bertz CT molecular complexity index is 149. The summed E-state index contributed by atoms with van der Waals surface area (Å²) in [7, 11) is 0. The Hall–Kier alpha value is -0.370. The number of carbonyl (C=O) groups excluding carboxylic acids is 1. The molecular weight excluding hydrogens is 116 g/mol. The van der Waals surface area contributed by atoms with Crippen LogP contribution in [0.5, 0.6) is 0 Å². The number of hydrogen-bond donors (Lipinski definition) is 1. The molecule has 2 fully saturated rings. The molecule has 9 heavy (non-hydrogen) atoms. The second-order valence-corrected chi connectivity index (χ2v) is 3.12. The molecule has 0 heterocycles. The molecule has 2 heteroatoms. The van der Waals surface area contributed by atoms with Gasteiger partial charge in [0.15, 0.2) is 5.78 Å². The molecule has 2 bridgehead atoms. The van der Waals surface area contributed by atoms with Gasteiger partial charge in [-0.1, -0.05) is 0 Å². The number of Topliss-reactive ketones (excluding diaryl/α,β-unsaturated/α-hetero) is 1. The van der Waals surface area contributed by atoms with Crippen molar-refractivity contribution in [3.05, 3.63) is 0 Å². The lowest BCUT2D eigenvalue weighted by atomic mass is 9.97. The van der Waals surface area contributed by atoms with Crippen molar-refractivity contribution in [2.24, 2.45) is 11.8 Å². The van der Waals surface area contributed by atoms with E-state index in [4.69, 9.17) is 5.11 Å². The van der Waals surface area contributed by atoms with Crippen molar-refractivity contribution < 1.29 is 9.90 Å². The van der Waals surface area contributed by atoms with Gasteiger partial charge in [0.2, 0.25) is 0 Å². The number of aliphatic hydroxyl groups excluding tert-OH is 1. The van der Waals surface area contributed by atoms with E-state index in [-0.39, 0.29) is 11.7 Å². The van der Waals surface area contributed by atoms with Crippen LogP contribution in [0.4, 0.5) is 0 Å². The zero-order valence-corrected chi connectivity index (χ0v) is 5.21. The Labute approximate surface area is 53.9 Å². The van der Waals surface area contributed by atoms with E-state index in [1.807, 2.05) is 0 Å². The first-order valence-electron chi connectivity index (χ1n) is 3.51. The third-order valence-electron chi connectivity index (χ3n) is 2.61. The van der Waals surface area contributed by atoms with Crippen LogP contribution in [0.25, 0.3) is 0 Å². The molecule has 1 N–H and O–H groups in total. The zero-order valence-electron chi connectivity index (χ0n) is 5.21. The highest BCUT2D eigenvalue weighted by Gasteiger charge is 2.45. The minimum atomic E-state index is -0.594. The average molecular weight is 126 g/mol. The van der Waals surface area contributed by atoms with Crippen LogP contribution in [0.3, 0.4) is 0 Å². The zero-order chi connectivity index (χ0) is 6.43. The summed E-state index contributed by atoms with van der Waals surface area (Å²) in [5.74, 6) is 0.652. The van der Waals surface area contributed by atoms with E-state index in [1.165, 1.54) is 0 Å². The molecule has 2 rings (SSSR count). The van der Waals surface area contributed by atoms with Gasteiger partial charge in [-0.3, -0.25) is 4.79 Å². The van der Waals surface area contributed by atoms with E-state index < -0.39 is 6.10 Å². The van der Waals surface area contributed by atoms with Crippen LogP contribution in [0, 0.1) is 11.8 Å². The van der Waals surface area contributed by atoms with Crippen LogP contribution in [-0.2, 0) is 4.79 Å². The van der Waals surface area contributed by atoms with Crippen molar-refractivity contribution in [3.63, 3.8) is 0 Å². The fraction of sp³-hybridized carbons (Fsp3) is 0.857. The third kappa shape index (κ3) is 0.568. The minimum Gasteiger partial charge on any atom is -0.385 e. The normalized spacial score (nSPS) is 48.6. The molecule has 0 spiro atoms. The Balaban J connectivity index is 2.25. The maximum Gasteiger partial charge on any atom is 0.164 e. The van der Waals surface area contributed by atoms with Crippen molar-refractivity contribution >= 4 is 5.78 Å². The largest absolute Gasteiger partial charge is 0.385 e. The number of carbonyl (C=O) groups is 1. The van der Waals surface area contributed by atoms with Crippen LogP contribution < -0.4 is 0 Å². The van der Waals surface area contributed by atoms with Gasteiger partial charge in [0, 0.05) is 5.92 Å². The predicted octanol–water partition coefficient (Wildman–Crippen LogP) is 0.346. The molecule has 3 atom stereocenters. The number of rotatable bonds is 0. The van der Waals surface area contributed by atoms with Gasteiger partial charge in [-0.25, -0.2) is 0 Å².